The van der Waals surface area contributed by atoms with Crippen LogP contribution in [-0.2, 0) is 9.53 Å². The minimum absolute atomic E-state index is 0.207. The lowest BCUT2D eigenvalue weighted by atomic mass is 10.3. The molecule has 0 saturated carbocycles. The third kappa shape index (κ3) is 1.53. The van der Waals surface area contributed by atoms with Gasteiger partial charge < -0.3 is 4.74 Å². The van der Waals surface area contributed by atoms with Crippen molar-refractivity contribution in [3.63, 3.8) is 0 Å². The van der Waals surface area contributed by atoms with Crippen molar-refractivity contribution in [1.82, 2.24) is 0 Å². The molecule has 0 aromatic heterocycles. The van der Waals surface area contributed by atoms with Crippen molar-refractivity contribution in [3.05, 3.63) is 48.6 Å². The van der Waals surface area contributed by atoms with Crippen LogP contribution in [0.2, 0.25) is 0 Å². The van der Waals surface area contributed by atoms with E-state index in [2.05, 4.69) is 0 Å². The van der Waals surface area contributed by atoms with Gasteiger partial charge in [0, 0.05) is 12.2 Å². The van der Waals surface area contributed by atoms with Crippen molar-refractivity contribution in [2.75, 3.05) is 11.4 Å². The van der Waals surface area contributed by atoms with Gasteiger partial charge in [-0.2, -0.15) is 0 Å². The number of rotatable bonds is 1. The third-order valence-corrected chi connectivity index (χ3v) is 1.96. The van der Waals surface area contributed by atoms with Crippen molar-refractivity contribution >= 4 is 11.6 Å². The van der Waals surface area contributed by atoms with E-state index in [1.165, 1.54) is 6.26 Å². The Hall–Kier alpha value is -1.99. The fraction of sp³-hybridized carbons (Fsp3) is 0.0909. The molecule has 3 nitrogen and oxygen atoms in total. The Morgan fingerprint density at radius 3 is 2.79 bits per heavy atom. The summed E-state index contributed by atoms with van der Waals surface area (Å²) in [6.07, 6.45) is 3.34. The molecule has 3 heteroatoms. The Bertz CT molecular complexity index is 391. The summed E-state index contributed by atoms with van der Waals surface area (Å²) in [7, 11) is 0. The Balaban J connectivity index is 2.34. The van der Waals surface area contributed by atoms with Crippen LogP contribution >= 0.6 is 0 Å². The van der Waals surface area contributed by atoms with Gasteiger partial charge in [0.1, 0.15) is 0 Å². The van der Waals surface area contributed by atoms with Gasteiger partial charge in [0.2, 0.25) is 0 Å². The third-order valence-electron chi connectivity index (χ3n) is 1.96. The van der Waals surface area contributed by atoms with Crippen LogP contribution in [0.1, 0.15) is 0 Å². The van der Waals surface area contributed by atoms with Crippen molar-refractivity contribution in [3.8, 4) is 0 Å². The maximum Gasteiger partial charge on any atom is 0.287 e. The smallest absolute Gasteiger partial charge is 0.287 e. The van der Waals surface area contributed by atoms with Gasteiger partial charge in [0.15, 0.2) is 5.94 Å². The molecule has 14 heavy (non-hydrogen) atoms. The van der Waals surface area contributed by atoms with Crippen molar-refractivity contribution in [2.24, 2.45) is 0 Å². The van der Waals surface area contributed by atoms with Gasteiger partial charge in [-0.05, 0) is 18.2 Å². The van der Waals surface area contributed by atoms with Crippen LogP contribution < -0.4 is 4.90 Å². The van der Waals surface area contributed by atoms with Gasteiger partial charge in [-0.1, -0.05) is 18.2 Å². The predicted molar refractivity (Wildman–Crippen MR) is 53.2 cm³/mol. The van der Waals surface area contributed by atoms with Gasteiger partial charge >= 0.3 is 0 Å². The summed E-state index contributed by atoms with van der Waals surface area (Å²) in [5, 5.41) is 0. The van der Waals surface area contributed by atoms with E-state index in [1.807, 2.05) is 36.4 Å². The van der Waals surface area contributed by atoms with E-state index in [0.29, 0.717) is 6.54 Å². The van der Waals surface area contributed by atoms with Crippen LogP contribution in [0.4, 0.5) is 5.69 Å². The Kier molecular flexibility index (Phi) is 2.34. The van der Waals surface area contributed by atoms with E-state index in [4.69, 9.17) is 4.74 Å². The van der Waals surface area contributed by atoms with Crippen LogP contribution in [0.5, 0.6) is 0 Å². The minimum atomic E-state index is 0.207. The zero-order valence-corrected chi connectivity index (χ0v) is 7.51. The zero-order valence-electron chi connectivity index (χ0n) is 7.51. The SMILES string of the molecule is O=C=C1OC=CCN1c1ccccc1. The molecule has 1 aromatic carbocycles. The van der Waals surface area contributed by atoms with Crippen LogP contribution in [0.15, 0.2) is 48.6 Å². The normalized spacial score (nSPS) is 14.9. The van der Waals surface area contributed by atoms with Crippen LogP contribution in [-0.4, -0.2) is 12.5 Å². The first kappa shape index (κ1) is 8.60. The first-order chi connectivity index (χ1) is 6.92. The number of hydrogen-bond acceptors (Lipinski definition) is 3. The summed E-state index contributed by atoms with van der Waals surface area (Å²) in [6.45, 7) is 0.634. The average Bonchev–Trinajstić information content (AvgIpc) is 2.30. The summed E-state index contributed by atoms with van der Waals surface area (Å²) in [5.41, 5.74) is 0.926. The molecule has 0 N–H and O–H groups in total. The van der Waals surface area contributed by atoms with Crippen molar-refractivity contribution < 1.29 is 9.53 Å². The Morgan fingerprint density at radius 1 is 1.29 bits per heavy atom. The maximum absolute atomic E-state index is 10.6. The summed E-state index contributed by atoms with van der Waals surface area (Å²) < 4.78 is 5.03. The highest BCUT2D eigenvalue weighted by molar-refractivity contribution is 5.63. The second-order valence-corrected chi connectivity index (χ2v) is 2.84. The molecule has 0 bridgehead atoms. The molecule has 1 aromatic rings. The monoisotopic (exact) mass is 187 g/mol. The van der Waals surface area contributed by atoms with E-state index in [1.54, 1.807) is 10.8 Å². The molecule has 1 heterocycles. The number of benzene rings is 1. The lowest BCUT2D eigenvalue weighted by Gasteiger charge is -2.24. The highest BCUT2D eigenvalue weighted by Gasteiger charge is 2.15. The van der Waals surface area contributed by atoms with Gasteiger partial charge in [0.25, 0.3) is 5.88 Å². The number of anilines is 1. The molecule has 1 aliphatic rings. The highest BCUT2D eigenvalue weighted by atomic mass is 16.5. The van der Waals surface area contributed by atoms with Crippen molar-refractivity contribution in [2.45, 2.75) is 0 Å². The van der Waals surface area contributed by atoms with Gasteiger partial charge in [0.05, 0.1) is 6.26 Å². The van der Waals surface area contributed by atoms with E-state index >= 15 is 0 Å². The van der Waals surface area contributed by atoms with E-state index in [9.17, 15) is 4.79 Å². The Labute approximate surface area is 81.9 Å². The molecule has 0 amide bonds. The summed E-state index contributed by atoms with van der Waals surface area (Å²) >= 11 is 0. The molecule has 1 aliphatic heterocycles. The Morgan fingerprint density at radius 2 is 2.07 bits per heavy atom. The molecule has 0 spiro atoms. The second-order valence-electron chi connectivity index (χ2n) is 2.84. The molecular formula is C11H9NO2. The summed E-state index contributed by atoms with van der Waals surface area (Å²) in [5.74, 6) is 1.98. The summed E-state index contributed by atoms with van der Waals surface area (Å²) in [4.78, 5) is 12.3. The number of para-hydroxylation sites is 1. The molecule has 0 radical (unpaired) electrons. The highest BCUT2D eigenvalue weighted by Crippen LogP contribution is 2.20. The molecule has 2 rings (SSSR count). The quantitative estimate of drug-likeness (QED) is 0.627. The topological polar surface area (TPSA) is 29.5 Å². The molecular weight excluding hydrogens is 178 g/mol. The van der Waals surface area contributed by atoms with Gasteiger partial charge in [-0.3, -0.25) is 4.90 Å². The molecule has 0 aliphatic carbocycles. The fourth-order valence-electron chi connectivity index (χ4n) is 1.32. The van der Waals surface area contributed by atoms with E-state index in [-0.39, 0.29) is 5.88 Å². The standard InChI is InChI=1S/C11H9NO2/c13-9-11-12(7-4-8-14-11)10-5-2-1-3-6-10/h1-6,8H,7H2. The fourth-order valence-corrected chi connectivity index (χ4v) is 1.32. The molecule has 0 fully saturated rings. The lowest BCUT2D eigenvalue weighted by Crippen LogP contribution is -2.26. The maximum atomic E-state index is 10.6. The number of nitrogens with zero attached hydrogens (tertiary/aromatic N) is 1. The first-order valence-electron chi connectivity index (χ1n) is 4.31. The van der Waals surface area contributed by atoms with Gasteiger partial charge in [-0.15, -0.1) is 0 Å². The number of ether oxygens (including phenoxy) is 1. The van der Waals surface area contributed by atoms with Crippen molar-refractivity contribution in [1.29, 1.82) is 0 Å². The van der Waals surface area contributed by atoms with E-state index < -0.39 is 0 Å². The lowest BCUT2D eigenvalue weighted by molar-refractivity contribution is 0.327. The number of hydrogen-bond donors (Lipinski definition) is 0. The predicted octanol–water partition coefficient (Wildman–Crippen LogP) is 1.71. The second kappa shape index (κ2) is 3.81. The molecule has 70 valence electrons. The van der Waals surface area contributed by atoms with Crippen LogP contribution in [0.3, 0.4) is 0 Å². The van der Waals surface area contributed by atoms with Crippen LogP contribution in [0.25, 0.3) is 0 Å². The van der Waals surface area contributed by atoms with Crippen LogP contribution in [0, 0.1) is 0 Å². The van der Waals surface area contributed by atoms with E-state index in [0.717, 1.165) is 5.69 Å². The average molecular weight is 187 g/mol. The first-order valence-corrected chi connectivity index (χ1v) is 4.31. The largest absolute Gasteiger partial charge is 0.440 e. The molecule has 0 saturated heterocycles. The van der Waals surface area contributed by atoms with Gasteiger partial charge in [-0.25, -0.2) is 4.79 Å². The minimum Gasteiger partial charge on any atom is -0.440 e. The molecule has 0 atom stereocenters. The summed E-state index contributed by atoms with van der Waals surface area (Å²) in [6, 6.07) is 9.58. The number of carbonyl (C=O) groups excluding carboxylic acids is 1. The zero-order chi connectivity index (χ0) is 9.80. The molecule has 0 unspecified atom stereocenters.